The normalized spacial score (nSPS) is 17.9. The first kappa shape index (κ1) is 25.5. The second-order valence-electron chi connectivity index (χ2n) is 10.6. The molecule has 0 saturated carbocycles. The van der Waals surface area contributed by atoms with Gasteiger partial charge in [0.15, 0.2) is 35.4 Å². The number of nitrogens with zero attached hydrogens (tertiary/aromatic N) is 5. The second-order valence-corrected chi connectivity index (χ2v) is 10.6. The molecule has 3 heterocycles. The first-order valence-electron chi connectivity index (χ1n) is 13.0. The number of rotatable bonds is 7. The van der Waals surface area contributed by atoms with Gasteiger partial charge in [0.05, 0.1) is 26.0 Å². The van der Waals surface area contributed by atoms with Crippen molar-refractivity contribution >= 4 is 17.6 Å². The summed E-state index contributed by atoms with van der Waals surface area (Å²) in [6.45, 7) is 4.21. The molecule has 0 fully saturated rings. The molecule has 2 aromatic heterocycles. The average molecular weight is 540 g/mol. The molecule has 2 aromatic carbocycles. The van der Waals surface area contributed by atoms with Crippen LogP contribution in [-0.2, 0) is 16.2 Å². The highest BCUT2D eigenvalue weighted by Crippen LogP contribution is 2.50. The van der Waals surface area contributed by atoms with Crippen LogP contribution in [0.15, 0.2) is 71.3 Å². The van der Waals surface area contributed by atoms with Crippen LogP contribution in [0.2, 0.25) is 0 Å². The lowest BCUT2D eigenvalue weighted by atomic mass is 9.70. The maximum Gasteiger partial charge on any atom is 0.228 e. The third-order valence-electron chi connectivity index (χ3n) is 7.12. The Balaban J connectivity index is 1.32. The number of aromatic nitrogens is 4. The zero-order valence-electron chi connectivity index (χ0n) is 22.7. The average Bonchev–Trinajstić information content (AvgIpc) is 3.37. The van der Waals surface area contributed by atoms with E-state index in [1.165, 1.54) is 0 Å². The number of Topliss-reactive ketones (excluding diaryl/α,β-unsaturated/α-hetero) is 1. The summed E-state index contributed by atoms with van der Waals surface area (Å²) in [5.74, 6) is 2.50. The molecule has 2 aliphatic rings. The van der Waals surface area contributed by atoms with Gasteiger partial charge in [-0.05, 0) is 29.2 Å². The molecule has 204 valence electrons. The number of allylic oxidation sites excluding steroid dienone is 2. The van der Waals surface area contributed by atoms with Crippen LogP contribution in [0, 0.1) is 5.41 Å². The molecule has 10 nitrogen and oxygen atoms in total. The summed E-state index contributed by atoms with van der Waals surface area (Å²) in [4.78, 5) is 28.3. The first-order chi connectivity index (χ1) is 19.4. The van der Waals surface area contributed by atoms with Crippen LogP contribution in [-0.4, -0.2) is 45.8 Å². The summed E-state index contributed by atoms with van der Waals surface area (Å²) in [6.07, 6.45) is 4.26. The molecule has 0 bridgehead atoms. The Kier molecular flexibility index (Phi) is 6.45. The number of methoxy groups -OCH3 is 2. The van der Waals surface area contributed by atoms with Crippen LogP contribution >= 0.6 is 0 Å². The fourth-order valence-electron chi connectivity index (χ4n) is 5.36. The predicted molar refractivity (Wildman–Crippen MR) is 147 cm³/mol. The Bertz CT molecular complexity index is 1660. The van der Waals surface area contributed by atoms with E-state index < -0.39 is 0 Å². The van der Waals surface area contributed by atoms with Crippen LogP contribution in [0.4, 0.5) is 0 Å². The number of benzene rings is 2. The number of carbonyl (C=O) groups excluding carboxylic acids is 1. The van der Waals surface area contributed by atoms with Crippen LogP contribution in [0.25, 0.3) is 5.65 Å². The highest BCUT2D eigenvalue weighted by Gasteiger charge is 2.43. The molecule has 4 aromatic rings. The minimum absolute atomic E-state index is 0.0399. The van der Waals surface area contributed by atoms with Crippen molar-refractivity contribution < 1.29 is 23.8 Å². The smallest absolute Gasteiger partial charge is 0.228 e. The van der Waals surface area contributed by atoms with Crippen LogP contribution in [0.1, 0.15) is 55.1 Å². The molecule has 0 N–H and O–H groups in total. The lowest BCUT2D eigenvalue weighted by Crippen LogP contribution is -2.33. The van der Waals surface area contributed by atoms with Gasteiger partial charge in [0.25, 0.3) is 0 Å². The standard InChI is InChI=1S/C30H29N5O5/c1-30(2)13-20(36)26-23(14-30)40-29-27(25(26)19-8-6-5-7-9-19)28-33-24(34-35(28)17-31-29)16-39-32-15-18-10-11-21(37-3)22(12-18)38-4/h5-12,15,17,25H,13-14,16H2,1-4H3/b32-15-/t25-/m1/s1. The molecule has 1 aliphatic carbocycles. The molecule has 0 spiro atoms. The van der Waals surface area contributed by atoms with E-state index in [0.717, 1.165) is 11.1 Å². The van der Waals surface area contributed by atoms with Crippen molar-refractivity contribution in [3.63, 3.8) is 0 Å². The van der Waals surface area contributed by atoms with Gasteiger partial charge < -0.3 is 19.0 Å². The summed E-state index contributed by atoms with van der Waals surface area (Å²) >= 11 is 0. The Morgan fingerprint density at radius 2 is 1.90 bits per heavy atom. The van der Waals surface area contributed by atoms with Gasteiger partial charge >= 0.3 is 0 Å². The summed E-state index contributed by atoms with van der Waals surface area (Å²) in [5, 5.41) is 8.60. The van der Waals surface area contributed by atoms with Crippen LogP contribution < -0.4 is 14.2 Å². The molecule has 40 heavy (non-hydrogen) atoms. The molecule has 1 atom stereocenters. The number of ether oxygens (including phenoxy) is 3. The third-order valence-corrected chi connectivity index (χ3v) is 7.12. The monoisotopic (exact) mass is 539 g/mol. The van der Waals surface area contributed by atoms with Crippen molar-refractivity contribution in [1.29, 1.82) is 0 Å². The molecule has 6 rings (SSSR count). The maximum atomic E-state index is 13.5. The van der Waals surface area contributed by atoms with Crippen LogP contribution in [0.5, 0.6) is 17.4 Å². The van der Waals surface area contributed by atoms with Gasteiger partial charge in [0, 0.05) is 29.9 Å². The van der Waals surface area contributed by atoms with Gasteiger partial charge in [-0.1, -0.05) is 49.3 Å². The number of fused-ring (bicyclic) bond motifs is 3. The van der Waals surface area contributed by atoms with Gasteiger partial charge in [-0.15, -0.1) is 5.10 Å². The number of hydrogen-bond donors (Lipinski definition) is 0. The first-order valence-corrected chi connectivity index (χ1v) is 13.0. The van der Waals surface area contributed by atoms with E-state index in [-0.39, 0.29) is 23.7 Å². The lowest BCUT2D eigenvalue weighted by Gasteiger charge is -2.37. The van der Waals surface area contributed by atoms with Crippen molar-refractivity contribution in [2.24, 2.45) is 10.6 Å². The minimum Gasteiger partial charge on any atom is -0.493 e. The summed E-state index contributed by atoms with van der Waals surface area (Å²) in [6, 6.07) is 15.4. The minimum atomic E-state index is -0.360. The van der Waals surface area contributed by atoms with E-state index in [4.69, 9.17) is 24.0 Å². The number of carbonyl (C=O) groups is 1. The van der Waals surface area contributed by atoms with Crippen molar-refractivity contribution in [3.05, 3.63) is 88.7 Å². The molecular formula is C30H29N5O5. The van der Waals surface area contributed by atoms with Crippen molar-refractivity contribution in [2.75, 3.05) is 14.2 Å². The highest BCUT2D eigenvalue weighted by molar-refractivity contribution is 6.00. The molecule has 0 amide bonds. The van der Waals surface area contributed by atoms with E-state index in [1.54, 1.807) is 43.4 Å². The largest absolute Gasteiger partial charge is 0.493 e. The van der Waals surface area contributed by atoms with E-state index >= 15 is 0 Å². The zero-order valence-corrected chi connectivity index (χ0v) is 22.7. The van der Waals surface area contributed by atoms with Crippen molar-refractivity contribution in [2.45, 2.75) is 39.2 Å². The fourth-order valence-corrected chi connectivity index (χ4v) is 5.36. The van der Waals surface area contributed by atoms with Gasteiger partial charge in [0.1, 0.15) is 12.1 Å². The van der Waals surface area contributed by atoms with E-state index in [1.807, 2.05) is 36.4 Å². The molecule has 0 saturated heterocycles. The molecule has 10 heteroatoms. The Hall–Kier alpha value is -4.73. The SMILES string of the molecule is COc1ccc(/C=N\OCc2nc3c4c(ncn3n2)OC2=C(C(=O)CC(C)(C)C2)[C@H]4c2ccccc2)cc1OC. The molecule has 0 radical (unpaired) electrons. The topological polar surface area (TPSA) is 109 Å². The van der Waals surface area contributed by atoms with Gasteiger partial charge in [-0.2, -0.15) is 0 Å². The van der Waals surface area contributed by atoms with E-state index in [9.17, 15) is 4.79 Å². The lowest BCUT2D eigenvalue weighted by molar-refractivity contribution is -0.118. The molecule has 1 aliphatic heterocycles. The Labute approximate surface area is 231 Å². The predicted octanol–water partition coefficient (Wildman–Crippen LogP) is 4.86. The molecular weight excluding hydrogens is 510 g/mol. The van der Waals surface area contributed by atoms with Gasteiger partial charge in [-0.25, -0.2) is 14.5 Å². The maximum absolute atomic E-state index is 13.5. The van der Waals surface area contributed by atoms with E-state index in [2.05, 4.69) is 29.1 Å². The van der Waals surface area contributed by atoms with Crippen LogP contribution in [0.3, 0.4) is 0 Å². The quantitative estimate of drug-likeness (QED) is 0.242. The number of hydrogen-bond acceptors (Lipinski definition) is 9. The third kappa shape index (κ3) is 4.66. The summed E-state index contributed by atoms with van der Waals surface area (Å²) in [5.41, 5.74) is 3.52. The van der Waals surface area contributed by atoms with Gasteiger partial charge in [-0.3, -0.25) is 4.79 Å². The van der Waals surface area contributed by atoms with E-state index in [0.29, 0.717) is 58.6 Å². The second kappa shape index (κ2) is 10.1. The number of ketones is 1. The number of oxime groups is 1. The van der Waals surface area contributed by atoms with Gasteiger partial charge in [0.2, 0.25) is 5.88 Å². The Morgan fingerprint density at radius 1 is 1.10 bits per heavy atom. The van der Waals surface area contributed by atoms with Crippen molar-refractivity contribution in [1.82, 2.24) is 19.6 Å². The highest BCUT2D eigenvalue weighted by atomic mass is 16.6. The fraction of sp³-hybridized carbons (Fsp3) is 0.300. The zero-order chi connectivity index (χ0) is 27.9. The molecule has 0 unspecified atom stereocenters. The summed E-state index contributed by atoms with van der Waals surface area (Å²) in [7, 11) is 3.16. The van der Waals surface area contributed by atoms with Crippen molar-refractivity contribution in [3.8, 4) is 17.4 Å². The Morgan fingerprint density at radius 3 is 2.67 bits per heavy atom. The summed E-state index contributed by atoms with van der Waals surface area (Å²) < 4.78 is 18.5.